The average Bonchev–Trinajstić information content (AvgIpc) is 2.04. The van der Waals surface area contributed by atoms with E-state index in [9.17, 15) is 9.59 Å². The summed E-state index contributed by atoms with van der Waals surface area (Å²) in [7, 11) is 0. The lowest BCUT2D eigenvalue weighted by Gasteiger charge is -1.88. The van der Waals surface area contributed by atoms with E-state index in [1.54, 1.807) is 6.07 Å². The number of hydrogen-bond donors (Lipinski definition) is 1. The highest BCUT2D eigenvalue weighted by Gasteiger charge is 1.96. The molecule has 0 bridgehead atoms. The lowest BCUT2D eigenvalue weighted by atomic mass is 10.3. The van der Waals surface area contributed by atoms with Crippen LogP contribution < -0.4 is 5.56 Å². The zero-order chi connectivity index (χ0) is 8.27. The minimum atomic E-state index is -0.530. The number of H-pyrrole nitrogens is 1. The number of nitriles is 1. The van der Waals surface area contributed by atoms with E-state index in [4.69, 9.17) is 5.26 Å². The van der Waals surface area contributed by atoms with E-state index in [-0.39, 0.29) is 11.3 Å². The van der Waals surface area contributed by atoms with Crippen molar-refractivity contribution in [1.82, 2.24) is 4.98 Å². The van der Waals surface area contributed by atoms with E-state index >= 15 is 0 Å². The van der Waals surface area contributed by atoms with Gasteiger partial charge in [-0.3, -0.25) is 9.59 Å². The molecule has 0 unspecified atom stereocenters. The van der Waals surface area contributed by atoms with Gasteiger partial charge in [-0.05, 0) is 12.1 Å². The zero-order valence-corrected chi connectivity index (χ0v) is 5.50. The number of aldehydes is 1. The van der Waals surface area contributed by atoms with Gasteiger partial charge >= 0.3 is 0 Å². The van der Waals surface area contributed by atoms with Crippen LogP contribution in [0, 0.1) is 11.3 Å². The highest BCUT2D eigenvalue weighted by Crippen LogP contribution is 1.89. The molecule has 1 N–H and O–H groups in total. The van der Waals surface area contributed by atoms with Gasteiger partial charge in [0.05, 0.1) is 5.69 Å². The van der Waals surface area contributed by atoms with Crippen molar-refractivity contribution in [3.05, 3.63) is 33.7 Å². The summed E-state index contributed by atoms with van der Waals surface area (Å²) in [5, 5.41) is 8.32. The van der Waals surface area contributed by atoms with Crippen molar-refractivity contribution in [1.29, 1.82) is 5.26 Å². The Labute approximate surface area is 62.1 Å². The standard InChI is InChI=1S/C7H4N2O2/c8-3-5-1-2-6(4-10)9-7(5)11/h1-2,4H,(H,9,11). The van der Waals surface area contributed by atoms with Crippen LogP contribution in [0.3, 0.4) is 0 Å². The molecule has 0 saturated heterocycles. The van der Waals surface area contributed by atoms with Crippen LogP contribution in [-0.4, -0.2) is 11.3 Å². The fourth-order valence-corrected chi connectivity index (χ4v) is 0.646. The molecule has 54 valence electrons. The molecule has 0 atom stereocenters. The number of rotatable bonds is 1. The summed E-state index contributed by atoms with van der Waals surface area (Å²) in [5.74, 6) is 0. The largest absolute Gasteiger partial charge is 0.319 e. The Morgan fingerprint density at radius 1 is 1.55 bits per heavy atom. The van der Waals surface area contributed by atoms with E-state index in [1.807, 2.05) is 0 Å². The number of pyridine rings is 1. The van der Waals surface area contributed by atoms with Gasteiger partial charge in [0.2, 0.25) is 0 Å². The molecule has 0 aromatic carbocycles. The highest BCUT2D eigenvalue weighted by atomic mass is 16.1. The monoisotopic (exact) mass is 148 g/mol. The third-order valence-corrected chi connectivity index (χ3v) is 1.18. The molecule has 0 aliphatic heterocycles. The van der Waals surface area contributed by atoms with Crippen LogP contribution in [0.1, 0.15) is 16.1 Å². The van der Waals surface area contributed by atoms with Gasteiger partial charge < -0.3 is 4.98 Å². The molecule has 0 spiro atoms. The quantitative estimate of drug-likeness (QED) is 0.572. The molecular weight excluding hydrogens is 144 g/mol. The predicted octanol–water partition coefficient (Wildman–Crippen LogP) is 0.0591. The van der Waals surface area contributed by atoms with Crippen LogP contribution in [0.15, 0.2) is 16.9 Å². The minimum absolute atomic E-state index is 0.00981. The second-order valence-electron chi connectivity index (χ2n) is 1.89. The molecule has 1 aromatic rings. The van der Waals surface area contributed by atoms with Crippen LogP contribution in [0.2, 0.25) is 0 Å². The summed E-state index contributed by atoms with van der Waals surface area (Å²) in [6.45, 7) is 0. The first-order chi connectivity index (χ1) is 5.27. The molecule has 4 heteroatoms. The van der Waals surface area contributed by atoms with Crippen molar-refractivity contribution in [2.45, 2.75) is 0 Å². The number of carbonyl (C=O) groups is 1. The maximum Gasteiger partial charge on any atom is 0.266 e. The fraction of sp³-hybridized carbons (Fsp3) is 0. The summed E-state index contributed by atoms with van der Waals surface area (Å²) in [5.41, 5.74) is -0.346. The second-order valence-corrected chi connectivity index (χ2v) is 1.89. The van der Waals surface area contributed by atoms with E-state index in [2.05, 4.69) is 4.98 Å². The normalized spacial score (nSPS) is 8.64. The van der Waals surface area contributed by atoms with Crippen molar-refractivity contribution in [3.63, 3.8) is 0 Å². The molecule has 1 aromatic heterocycles. The molecule has 11 heavy (non-hydrogen) atoms. The number of nitrogens with zero attached hydrogens (tertiary/aromatic N) is 1. The Kier molecular flexibility index (Phi) is 1.83. The Morgan fingerprint density at radius 3 is 2.73 bits per heavy atom. The summed E-state index contributed by atoms with van der Waals surface area (Å²) in [6, 6.07) is 4.38. The maximum atomic E-state index is 10.8. The van der Waals surface area contributed by atoms with Crippen LogP contribution in [0.4, 0.5) is 0 Å². The zero-order valence-electron chi connectivity index (χ0n) is 5.50. The van der Waals surface area contributed by atoms with Gasteiger partial charge in [-0.15, -0.1) is 0 Å². The summed E-state index contributed by atoms with van der Waals surface area (Å²) < 4.78 is 0. The number of carbonyl (C=O) groups excluding carboxylic acids is 1. The molecule has 1 heterocycles. The summed E-state index contributed by atoms with van der Waals surface area (Å²) in [6.07, 6.45) is 0.516. The van der Waals surface area contributed by atoms with Crippen molar-refractivity contribution in [2.24, 2.45) is 0 Å². The third kappa shape index (κ3) is 1.33. The van der Waals surface area contributed by atoms with Crippen LogP contribution >= 0.6 is 0 Å². The molecule has 1 rings (SSSR count). The van der Waals surface area contributed by atoms with Crippen LogP contribution in [-0.2, 0) is 0 Å². The smallest absolute Gasteiger partial charge is 0.266 e. The molecule has 0 radical (unpaired) electrons. The number of hydrogen-bond acceptors (Lipinski definition) is 3. The predicted molar refractivity (Wildman–Crippen MR) is 37.2 cm³/mol. The Hall–Kier alpha value is -1.89. The van der Waals surface area contributed by atoms with Gasteiger partial charge in [0, 0.05) is 0 Å². The van der Waals surface area contributed by atoms with Crippen LogP contribution in [0.25, 0.3) is 0 Å². The van der Waals surface area contributed by atoms with Gasteiger partial charge in [-0.1, -0.05) is 0 Å². The maximum absolute atomic E-state index is 10.8. The van der Waals surface area contributed by atoms with E-state index in [1.165, 1.54) is 12.1 Å². The highest BCUT2D eigenvalue weighted by molar-refractivity contribution is 5.71. The van der Waals surface area contributed by atoms with E-state index in [0.717, 1.165) is 0 Å². The number of aromatic amines is 1. The first kappa shape index (κ1) is 7.22. The molecule has 0 fully saturated rings. The molecule has 4 nitrogen and oxygen atoms in total. The molecule has 0 saturated carbocycles. The number of aromatic nitrogens is 1. The minimum Gasteiger partial charge on any atom is -0.319 e. The molecular formula is C7H4N2O2. The summed E-state index contributed by atoms with van der Waals surface area (Å²) >= 11 is 0. The van der Waals surface area contributed by atoms with E-state index in [0.29, 0.717) is 6.29 Å². The topological polar surface area (TPSA) is 73.7 Å². The van der Waals surface area contributed by atoms with Gasteiger partial charge in [-0.2, -0.15) is 5.26 Å². The Balaban J connectivity index is 3.34. The van der Waals surface area contributed by atoms with Gasteiger partial charge in [0.1, 0.15) is 11.6 Å². The van der Waals surface area contributed by atoms with Crippen molar-refractivity contribution in [3.8, 4) is 6.07 Å². The average molecular weight is 148 g/mol. The Morgan fingerprint density at radius 2 is 2.27 bits per heavy atom. The fourth-order valence-electron chi connectivity index (χ4n) is 0.646. The number of nitrogens with one attached hydrogen (secondary N) is 1. The first-order valence-electron chi connectivity index (χ1n) is 2.86. The van der Waals surface area contributed by atoms with Gasteiger partial charge in [-0.25, -0.2) is 0 Å². The van der Waals surface area contributed by atoms with Crippen molar-refractivity contribution >= 4 is 6.29 Å². The van der Waals surface area contributed by atoms with Crippen molar-refractivity contribution in [2.75, 3.05) is 0 Å². The second kappa shape index (κ2) is 2.80. The third-order valence-electron chi connectivity index (χ3n) is 1.18. The molecule has 0 amide bonds. The lowest BCUT2D eigenvalue weighted by Crippen LogP contribution is -2.11. The lowest BCUT2D eigenvalue weighted by molar-refractivity contribution is 0.111. The van der Waals surface area contributed by atoms with Crippen LogP contribution in [0.5, 0.6) is 0 Å². The van der Waals surface area contributed by atoms with Gasteiger partial charge in [0.15, 0.2) is 6.29 Å². The first-order valence-corrected chi connectivity index (χ1v) is 2.86. The van der Waals surface area contributed by atoms with Crippen molar-refractivity contribution < 1.29 is 4.79 Å². The summed E-state index contributed by atoms with van der Waals surface area (Å²) in [4.78, 5) is 23.1. The van der Waals surface area contributed by atoms with Gasteiger partial charge in [0.25, 0.3) is 5.56 Å². The SMILES string of the molecule is N#Cc1ccc(C=O)[nH]c1=O. The Bertz CT molecular complexity index is 373. The molecule has 0 aliphatic carbocycles. The molecule has 0 aliphatic rings. The van der Waals surface area contributed by atoms with E-state index < -0.39 is 5.56 Å².